The number of benzene rings is 3. The third kappa shape index (κ3) is 5.19. The Labute approximate surface area is 232 Å². The number of hydrogen-bond donors (Lipinski definition) is 2. The molecule has 0 saturated carbocycles. The molecule has 4 heterocycles. The van der Waals surface area contributed by atoms with E-state index in [-0.39, 0.29) is 41.6 Å². The number of hydrogen-bond acceptors (Lipinski definition) is 6. The van der Waals surface area contributed by atoms with Gasteiger partial charge in [0.1, 0.15) is 23.0 Å². The van der Waals surface area contributed by atoms with Crippen LogP contribution in [-0.4, -0.2) is 65.4 Å². The Balaban J connectivity index is 1.38. The molecule has 0 radical (unpaired) electrons. The molecule has 3 aromatic rings. The average Bonchev–Trinajstić information content (AvgIpc) is 3.36. The molecule has 3 amide bonds. The Kier molecular flexibility index (Phi) is 7.02. The predicted octanol–water partition coefficient (Wildman–Crippen LogP) is 3.79. The number of nitrogens with one attached hydrogen (secondary N) is 1. The minimum Gasteiger partial charge on any atom is -0.507 e. The van der Waals surface area contributed by atoms with Crippen LogP contribution < -0.4 is 14.8 Å². The van der Waals surface area contributed by atoms with Gasteiger partial charge in [0.15, 0.2) is 0 Å². The van der Waals surface area contributed by atoms with E-state index >= 15 is 0 Å². The zero-order valence-corrected chi connectivity index (χ0v) is 22.1. The van der Waals surface area contributed by atoms with Crippen molar-refractivity contribution >= 4 is 17.7 Å². The first-order valence-corrected chi connectivity index (χ1v) is 13.7. The van der Waals surface area contributed by atoms with Crippen LogP contribution in [0.1, 0.15) is 52.4 Å². The molecule has 206 valence electrons. The van der Waals surface area contributed by atoms with Crippen molar-refractivity contribution < 1.29 is 29.0 Å². The average molecular weight is 542 g/mol. The molecular formula is C31H31N3O6. The quantitative estimate of drug-likeness (QED) is 0.511. The van der Waals surface area contributed by atoms with Crippen molar-refractivity contribution in [1.82, 2.24) is 15.1 Å². The lowest BCUT2D eigenvalue weighted by atomic mass is 9.87. The summed E-state index contributed by atoms with van der Waals surface area (Å²) >= 11 is 0. The van der Waals surface area contributed by atoms with Crippen LogP contribution in [0.25, 0.3) is 0 Å². The normalized spacial score (nSPS) is 18.9. The molecule has 4 aliphatic heterocycles. The van der Waals surface area contributed by atoms with E-state index in [0.29, 0.717) is 62.8 Å². The van der Waals surface area contributed by atoms with E-state index in [0.717, 1.165) is 23.1 Å². The highest BCUT2D eigenvalue weighted by Crippen LogP contribution is 2.39. The van der Waals surface area contributed by atoms with Gasteiger partial charge in [-0.3, -0.25) is 14.4 Å². The monoisotopic (exact) mass is 541 g/mol. The van der Waals surface area contributed by atoms with Crippen LogP contribution in [0.5, 0.6) is 23.0 Å². The van der Waals surface area contributed by atoms with E-state index in [1.807, 2.05) is 47.4 Å². The second-order valence-electron chi connectivity index (χ2n) is 10.3. The molecule has 0 aliphatic carbocycles. The number of phenols is 1. The molecule has 3 aromatic carbocycles. The molecule has 0 aromatic heterocycles. The van der Waals surface area contributed by atoms with Crippen molar-refractivity contribution in [3.63, 3.8) is 0 Å². The molecule has 7 rings (SSSR count). The first kappa shape index (κ1) is 25.7. The highest BCUT2D eigenvalue weighted by Gasteiger charge is 2.34. The van der Waals surface area contributed by atoms with Crippen LogP contribution in [0.3, 0.4) is 0 Å². The highest BCUT2D eigenvalue weighted by molar-refractivity contribution is 5.97. The maximum atomic E-state index is 13.6. The molecule has 0 spiro atoms. The predicted molar refractivity (Wildman–Crippen MR) is 147 cm³/mol. The van der Waals surface area contributed by atoms with E-state index < -0.39 is 0 Å². The number of rotatable bonds is 2. The second kappa shape index (κ2) is 10.9. The smallest absolute Gasteiger partial charge is 0.255 e. The van der Waals surface area contributed by atoms with Crippen molar-refractivity contribution in [1.29, 1.82) is 0 Å². The summed E-state index contributed by atoms with van der Waals surface area (Å²) < 4.78 is 12.1. The number of likely N-dealkylation sites (tertiary alicyclic amines) is 1. The molecular weight excluding hydrogens is 510 g/mol. The number of phenolic OH excluding ortho intramolecular Hbond substituents is 1. The number of ether oxygens (including phenoxy) is 2. The maximum Gasteiger partial charge on any atom is 0.255 e. The van der Waals surface area contributed by atoms with Crippen LogP contribution in [0.15, 0.2) is 60.7 Å². The Morgan fingerprint density at radius 3 is 2.65 bits per heavy atom. The summed E-state index contributed by atoms with van der Waals surface area (Å²) in [6.07, 6.45) is 2.47. The number of amides is 3. The van der Waals surface area contributed by atoms with Gasteiger partial charge in [-0.25, -0.2) is 0 Å². The Morgan fingerprint density at radius 1 is 0.950 bits per heavy atom. The maximum absolute atomic E-state index is 13.6. The third-order valence-electron chi connectivity index (χ3n) is 7.66. The Bertz CT molecular complexity index is 1470. The van der Waals surface area contributed by atoms with Crippen molar-refractivity contribution in [3.8, 4) is 23.0 Å². The number of carbonyl (C=O) groups excluding carboxylic acids is 3. The largest absolute Gasteiger partial charge is 0.507 e. The topological polar surface area (TPSA) is 108 Å². The SMILES string of the molecule is O=C1NCCCOc2cccc(c2)C2c3ccc(cc3CCN2C(=O)CN2CCCC2=O)Oc2ccc(O)c1c2. The van der Waals surface area contributed by atoms with Gasteiger partial charge in [0.2, 0.25) is 11.8 Å². The van der Waals surface area contributed by atoms with Gasteiger partial charge in [0.25, 0.3) is 5.91 Å². The van der Waals surface area contributed by atoms with E-state index in [1.165, 1.54) is 12.1 Å². The lowest BCUT2D eigenvalue weighted by Gasteiger charge is -2.38. The lowest BCUT2D eigenvalue weighted by molar-refractivity contribution is -0.139. The second-order valence-corrected chi connectivity index (χ2v) is 10.3. The summed E-state index contributed by atoms with van der Waals surface area (Å²) in [6.45, 7) is 1.94. The van der Waals surface area contributed by atoms with Crippen molar-refractivity contribution in [2.24, 2.45) is 0 Å². The van der Waals surface area contributed by atoms with E-state index in [9.17, 15) is 19.5 Å². The van der Waals surface area contributed by atoms with E-state index in [2.05, 4.69) is 5.32 Å². The van der Waals surface area contributed by atoms with Gasteiger partial charge in [-0.2, -0.15) is 0 Å². The molecule has 4 aliphatic rings. The highest BCUT2D eigenvalue weighted by atomic mass is 16.5. The molecule has 8 bridgehead atoms. The van der Waals surface area contributed by atoms with Gasteiger partial charge in [0.05, 0.1) is 24.8 Å². The summed E-state index contributed by atoms with van der Waals surface area (Å²) in [5.41, 5.74) is 3.10. The number of nitrogens with zero attached hydrogens (tertiary/aromatic N) is 2. The minimum atomic E-state index is -0.389. The van der Waals surface area contributed by atoms with Crippen molar-refractivity contribution in [2.75, 3.05) is 32.8 Å². The third-order valence-corrected chi connectivity index (χ3v) is 7.66. The molecule has 40 heavy (non-hydrogen) atoms. The summed E-state index contributed by atoms with van der Waals surface area (Å²) in [4.78, 5) is 42.1. The lowest BCUT2D eigenvalue weighted by Crippen LogP contribution is -2.45. The summed E-state index contributed by atoms with van der Waals surface area (Å²) in [7, 11) is 0. The molecule has 2 N–H and O–H groups in total. The van der Waals surface area contributed by atoms with Crippen LogP contribution in [0.4, 0.5) is 0 Å². The fourth-order valence-electron chi connectivity index (χ4n) is 5.65. The fourth-order valence-corrected chi connectivity index (χ4v) is 5.65. The fraction of sp³-hybridized carbons (Fsp3) is 0.323. The van der Waals surface area contributed by atoms with Gasteiger partial charge in [-0.1, -0.05) is 18.2 Å². The van der Waals surface area contributed by atoms with Gasteiger partial charge in [0, 0.05) is 26.1 Å². The van der Waals surface area contributed by atoms with Crippen molar-refractivity contribution in [3.05, 3.63) is 82.9 Å². The van der Waals surface area contributed by atoms with Crippen LogP contribution in [0, 0.1) is 0 Å². The van der Waals surface area contributed by atoms with Gasteiger partial charge < -0.3 is 29.7 Å². The number of aromatic hydroxyl groups is 1. The minimum absolute atomic E-state index is 0.0289. The standard InChI is InChI=1S/C31H31N3O6/c35-27-10-8-24-18-26(27)31(38)32-12-3-15-39-22-5-1-4-21(17-22)30-25-9-7-23(40-24)16-20(25)11-14-34(30)29(37)19-33-13-2-6-28(33)36/h1,4-5,7-10,16-18,30,35H,2-3,6,11-15,19H2,(H,32,38). The molecule has 1 fully saturated rings. The first-order chi connectivity index (χ1) is 19.5. The van der Waals surface area contributed by atoms with E-state index in [1.54, 1.807) is 11.0 Å². The summed E-state index contributed by atoms with van der Waals surface area (Å²) in [5, 5.41) is 13.1. The molecule has 9 nitrogen and oxygen atoms in total. The Hall–Kier alpha value is -4.53. The summed E-state index contributed by atoms with van der Waals surface area (Å²) in [6, 6.07) is 17.8. The van der Waals surface area contributed by atoms with Crippen LogP contribution in [-0.2, 0) is 16.0 Å². The molecule has 1 saturated heterocycles. The van der Waals surface area contributed by atoms with Gasteiger partial charge >= 0.3 is 0 Å². The van der Waals surface area contributed by atoms with Gasteiger partial charge in [-0.15, -0.1) is 0 Å². The molecule has 1 atom stereocenters. The van der Waals surface area contributed by atoms with Crippen molar-refractivity contribution in [2.45, 2.75) is 31.7 Å². The van der Waals surface area contributed by atoms with Crippen LogP contribution in [0.2, 0.25) is 0 Å². The van der Waals surface area contributed by atoms with Gasteiger partial charge in [-0.05, 0) is 78.4 Å². The first-order valence-electron chi connectivity index (χ1n) is 13.7. The Morgan fingerprint density at radius 2 is 1.80 bits per heavy atom. The molecule has 9 heteroatoms. The zero-order chi connectivity index (χ0) is 27.6. The zero-order valence-electron chi connectivity index (χ0n) is 22.1. The summed E-state index contributed by atoms with van der Waals surface area (Å²) in [5.74, 6) is 1.13. The number of carbonyl (C=O) groups is 3. The number of fused-ring (bicyclic) bond motifs is 6. The van der Waals surface area contributed by atoms with E-state index in [4.69, 9.17) is 9.47 Å². The molecule has 1 unspecified atom stereocenters. The van der Waals surface area contributed by atoms with Crippen LogP contribution >= 0.6 is 0 Å².